The van der Waals surface area contributed by atoms with E-state index >= 15 is 0 Å². The molecule has 3 aromatic rings. The number of carbonyl (C=O) groups is 2. The van der Waals surface area contributed by atoms with Gasteiger partial charge in [0.25, 0.3) is 0 Å². The molecule has 0 aliphatic carbocycles. The van der Waals surface area contributed by atoms with Gasteiger partial charge < -0.3 is 14.9 Å². The zero-order chi connectivity index (χ0) is 21.9. The summed E-state index contributed by atoms with van der Waals surface area (Å²) < 4.78 is 0. The molecule has 3 rings (SSSR count). The van der Waals surface area contributed by atoms with Crippen molar-refractivity contribution in [2.45, 2.75) is 45.3 Å². The lowest BCUT2D eigenvalue weighted by atomic mass is 10.1. The largest absolute Gasteiger partial charge is 0.465 e. The van der Waals surface area contributed by atoms with Crippen LogP contribution in [0, 0.1) is 0 Å². The Morgan fingerprint density at radius 2 is 1.39 bits per heavy atom. The first-order valence-electron chi connectivity index (χ1n) is 10.5. The van der Waals surface area contributed by atoms with Crippen LogP contribution in [0.2, 0.25) is 0 Å². The molecule has 1 aromatic carbocycles. The number of carbonyl (C=O) groups excluding carboxylic acids is 1. The molecule has 0 fully saturated rings. The maximum absolute atomic E-state index is 12.9. The fourth-order valence-corrected chi connectivity index (χ4v) is 4.81. The predicted molar refractivity (Wildman–Crippen MR) is 126 cm³/mol. The van der Waals surface area contributed by atoms with Crippen molar-refractivity contribution < 1.29 is 14.7 Å². The second kappa shape index (κ2) is 12.3. The van der Waals surface area contributed by atoms with Gasteiger partial charge in [-0.2, -0.15) is 0 Å². The van der Waals surface area contributed by atoms with Gasteiger partial charge >= 0.3 is 6.09 Å². The van der Waals surface area contributed by atoms with E-state index in [1.807, 2.05) is 58.1 Å². The number of amides is 2. The SMILES string of the molecule is O=C(O)N(CCCCCC(=O)N(Cc1cccs1)Cc1cccs1)Cc1ccccc1. The van der Waals surface area contributed by atoms with Crippen molar-refractivity contribution in [3.05, 3.63) is 80.7 Å². The third kappa shape index (κ3) is 7.84. The van der Waals surface area contributed by atoms with Crippen LogP contribution in [0.3, 0.4) is 0 Å². The van der Waals surface area contributed by atoms with Gasteiger partial charge in [0.15, 0.2) is 0 Å². The van der Waals surface area contributed by atoms with Crippen molar-refractivity contribution in [1.29, 1.82) is 0 Å². The first-order valence-corrected chi connectivity index (χ1v) is 12.2. The molecule has 0 aliphatic heterocycles. The summed E-state index contributed by atoms with van der Waals surface area (Å²) in [6, 6.07) is 17.8. The molecule has 7 heteroatoms. The fraction of sp³-hybridized carbons (Fsp3) is 0.333. The number of rotatable bonds is 12. The van der Waals surface area contributed by atoms with E-state index in [9.17, 15) is 14.7 Å². The second-order valence-corrected chi connectivity index (χ2v) is 9.47. The fourth-order valence-electron chi connectivity index (χ4n) is 3.37. The number of nitrogens with zero attached hydrogens (tertiary/aromatic N) is 2. The summed E-state index contributed by atoms with van der Waals surface area (Å²) in [6.07, 6.45) is 1.93. The van der Waals surface area contributed by atoms with E-state index in [-0.39, 0.29) is 5.91 Å². The van der Waals surface area contributed by atoms with E-state index < -0.39 is 6.09 Å². The molecule has 31 heavy (non-hydrogen) atoms. The molecule has 0 atom stereocenters. The minimum atomic E-state index is -0.905. The van der Waals surface area contributed by atoms with E-state index in [2.05, 4.69) is 12.1 Å². The summed E-state index contributed by atoms with van der Waals surface area (Å²) in [5, 5.41) is 13.5. The molecule has 2 amide bonds. The van der Waals surface area contributed by atoms with Crippen LogP contribution in [0.15, 0.2) is 65.4 Å². The molecule has 0 bridgehead atoms. The van der Waals surface area contributed by atoms with Crippen LogP contribution in [0.5, 0.6) is 0 Å². The average Bonchev–Trinajstić information content (AvgIpc) is 3.47. The molecule has 2 aromatic heterocycles. The van der Waals surface area contributed by atoms with Crippen LogP contribution >= 0.6 is 22.7 Å². The van der Waals surface area contributed by atoms with E-state index in [4.69, 9.17) is 0 Å². The Kier molecular flexibility index (Phi) is 9.12. The third-order valence-electron chi connectivity index (χ3n) is 5.01. The molecule has 0 saturated heterocycles. The van der Waals surface area contributed by atoms with Crippen LogP contribution in [0.25, 0.3) is 0 Å². The third-order valence-corrected chi connectivity index (χ3v) is 6.73. The highest BCUT2D eigenvalue weighted by molar-refractivity contribution is 7.10. The highest BCUT2D eigenvalue weighted by Gasteiger charge is 2.16. The number of unbranched alkanes of at least 4 members (excludes halogenated alkanes) is 2. The van der Waals surface area contributed by atoms with Crippen molar-refractivity contribution in [2.24, 2.45) is 0 Å². The molecule has 5 nitrogen and oxygen atoms in total. The highest BCUT2D eigenvalue weighted by Crippen LogP contribution is 2.19. The van der Waals surface area contributed by atoms with E-state index in [0.717, 1.165) is 24.8 Å². The topological polar surface area (TPSA) is 60.9 Å². The number of thiophene rings is 2. The molecule has 2 heterocycles. The number of benzene rings is 1. The Labute approximate surface area is 191 Å². The molecule has 1 N–H and O–H groups in total. The molecule has 0 spiro atoms. The number of carboxylic acid groups (broad SMARTS) is 1. The first-order chi connectivity index (χ1) is 15.1. The van der Waals surface area contributed by atoms with Gasteiger partial charge in [0.05, 0.1) is 13.1 Å². The molecular formula is C24H28N2O3S2. The monoisotopic (exact) mass is 456 g/mol. The van der Waals surface area contributed by atoms with E-state index in [1.54, 1.807) is 22.7 Å². The lowest BCUT2D eigenvalue weighted by Crippen LogP contribution is -2.30. The Morgan fingerprint density at radius 1 is 0.742 bits per heavy atom. The Bertz CT molecular complexity index is 875. The normalized spacial score (nSPS) is 10.7. The van der Waals surface area contributed by atoms with Gasteiger partial charge in [-0.25, -0.2) is 4.79 Å². The van der Waals surface area contributed by atoms with Crippen LogP contribution in [-0.2, 0) is 24.4 Å². The molecule has 164 valence electrons. The molecule has 0 unspecified atom stereocenters. The van der Waals surface area contributed by atoms with E-state index in [1.165, 1.54) is 14.7 Å². The Morgan fingerprint density at radius 3 is 1.94 bits per heavy atom. The van der Waals surface area contributed by atoms with E-state index in [0.29, 0.717) is 32.6 Å². The van der Waals surface area contributed by atoms with Gasteiger partial charge in [-0.3, -0.25) is 4.79 Å². The minimum Gasteiger partial charge on any atom is -0.465 e. The van der Waals surface area contributed by atoms with Crippen molar-refractivity contribution >= 4 is 34.7 Å². The maximum Gasteiger partial charge on any atom is 0.407 e. The van der Waals surface area contributed by atoms with Gasteiger partial charge in [-0.1, -0.05) is 48.9 Å². The van der Waals surface area contributed by atoms with Crippen molar-refractivity contribution in [3.63, 3.8) is 0 Å². The maximum atomic E-state index is 12.9. The molecule has 0 saturated carbocycles. The van der Waals surface area contributed by atoms with Gasteiger partial charge in [0, 0.05) is 29.3 Å². The van der Waals surface area contributed by atoms with Crippen LogP contribution in [0.4, 0.5) is 4.79 Å². The summed E-state index contributed by atoms with van der Waals surface area (Å²) in [6.45, 7) is 2.15. The molecular weight excluding hydrogens is 428 g/mol. The zero-order valence-corrected chi connectivity index (χ0v) is 19.1. The minimum absolute atomic E-state index is 0.154. The predicted octanol–water partition coefficient (Wildman–Crippen LogP) is 6.08. The van der Waals surface area contributed by atoms with Gasteiger partial charge in [-0.15, -0.1) is 22.7 Å². The summed E-state index contributed by atoms with van der Waals surface area (Å²) in [5.41, 5.74) is 0.984. The molecule has 0 aliphatic rings. The average molecular weight is 457 g/mol. The molecule has 0 radical (unpaired) electrons. The summed E-state index contributed by atoms with van der Waals surface area (Å²) in [5.74, 6) is 0.154. The summed E-state index contributed by atoms with van der Waals surface area (Å²) in [7, 11) is 0. The summed E-state index contributed by atoms with van der Waals surface area (Å²) in [4.78, 5) is 30.1. The smallest absolute Gasteiger partial charge is 0.407 e. The summed E-state index contributed by atoms with van der Waals surface area (Å²) >= 11 is 3.34. The zero-order valence-electron chi connectivity index (χ0n) is 17.5. The van der Waals surface area contributed by atoms with Crippen molar-refractivity contribution in [3.8, 4) is 0 Å². The van der Waals surface area contributed by atoms with Crippen LogP contribution < -0.4 is 0 Å². The second-order valence-electron chi connectivity index (χ2n) is 7.41. The number of hydrogen-bond donors (Lipinski definition) is 1. The van der Waals surface area contributed by atoms with Gasteiger partial charge in [0.1, 0.15) is 0 Å². The van der Waals surface area contributed by atoms with Gasteiger partial charge in [-0.05, 0) is 41.3 Å². The van der Waals surface area contributed by atoms with Crippen LogP contribution in [0.1, 0.15) is 41.0 Å². The lowest BCUT2D eigenvalue weighted by molar-refractivity contribution is -0.132. The highest BCUT2D eigenvalue weighted by atomic mass is 32.1. The lowest BCUT2D eigenvalue weighted by Gasteiger charge is -2.22. The van der Waals surface area contributed by atoms with Crippen molar-refractivity contribution in [2.75, 3.05) is 6.54 Å². The number of hydrogen-bond acceptors (Lipinski definition) is 4. The quantitative estimate of drug-likeness (QED) is 0.336. The van der Waals surface area contributed by atoms with Crippen molar-refractivity contribution in [1.82, 2.24) is 9.80 Å². The van der Waals surface area contributed by atoms with Gasteiger partial charge in [0.2, 0.25) is 5.91 Å². The Hall–Kier alpha value is -2.64. The first kappa shape index (κ1) is 23.0. The standard InChI is InChI=1S/C24H28N2O3S2/c27-23(26(18-21-11-7-15-30-21)19-22-12-8-16-31-22)13-5-2-6-14-25(24(28)29)17-20-9-3-1-4-10-20/h1,3-4,7-12,15-16H,2,5-6,13-14,17-19H2,(H,28,29). The Balaban J connectivity index is 1.43. The van der Waals surface area contributed by atoms with Crippen LogP contribution in [-0.4, -0.2) is 33.5 Å².